The number of aromatic nitrogens is 4. The fourth-order valence-corrected chi connectivity index (χ4v) is 6.05. The maximum Gasteiger partial charge on any atom is 0.144 e. The third-order valence-corrected chi connectivity index (χ3v) is 7.65. The molecule has 6 aromatic rings. The molecule has 0 radical (unpaired) electrons. The first kappa shape index (κ1) is 25.0. The Morgan fingerprint density at radius 3 is 1.36 bits per heavy atom. The van der Waals surface area contributed by atoms with Gasteiger partial charge in [0.1, 0.15) is 23.1 Å². The molecule has 0 bridgehead atoms. The molecular weight excluding hydrogens is 488 g/mol. The predicted octanol–water partition coefficient (Wildman–Crippen LogP) is 5.02. The van der Waals surface area contributed by atoms with E-state index in [1.54, 1.807) is 0 Å². The quantitative estimate of drug-likeness (QED) is 0.294. The zero-order chi connectivity index (χ0) is 26.1. The van der Waals surface area contributed by atoms with Crippen LogP contribution in [0, 0.1) is 0 Å². The van der Waals surface area contributed by atoms with Crippen LogP contribution < -0.4 is 0 Å². The number of hydrogen-bond donors (Lipinski definition) is 2. The highest BCUT2D eigenvalue weighted by molar-refractivity contribution is 5.83. The van der Waals surface area contributed by atoms with Gasteiger partial charge in [-0.05, 0) is 49.2 Å². The molecule has 0 spiro atoms. The van der Waals surface area contributed by atoms with Crippen molar-refractivity contribution in [3.63, 3.8) is 0 Å². The first-order chi connectivity index (χ1) is 18.3. The van der Waals surface area contributed by atoms with Gasteiger partial charge in [0.15, 0.2) is 0 Å². The molecule has 39 heavy (non-hydrogen) atoms. The van der Waals surface area contributed by atoms with Crippen molar-refractivity contribution < 1.29 is 15.7 Å². The number of aliphatic hydroxyl groups is 2. The van der Waals surface area contributed by atoms with Crippen molar-refractivity contribution in [3.8, 4) is 22.8 Å². The zero-order valence-electron chi connectivity index (χ0n) is 21.8. The summed E-state index contributed by atoms with van der Waals surface area (Å²) in [6.45, 7) is 3.70. The Morgan fingerprint density at radius 2 is 0.923 bits per heavy atom. The summed E-state index contributed by atoms with van der Waals surface area (Å²) < 4.78 is 3.90. The SMILES string of the molecule is C[C@]1(O)Cc2ccccc2-c2nc3ccccc3n21.C[C@]1(O)Cc2ccccc2-c2nc3ccccc3n21.O. The Hall–Kier alpha value is -4.30. The van der Waals surface area contributed by atoms with Crippen molar-refractivity contribution >= 4 is 22.1 Å². The highest BCUT2D eigenvalue weighted by atomic mass is 16.3. The van der Waals surface area contributed by atoms with Crippen LogP contribution in [0.1, 0.15) is 25.0 Å². The van der Waals surface area contributed by atoms with Gasteiger partial charge in [-0.3, -0.25) is 9.13 Å². The molecule has 2 aliphatic rings. The fraction of sp³-hybridized carbons (Fsp3) is 0.188. The van der Waals surface area contributed by atoms with E-state index in [1.807, 2.05) is 95.8 Å². The van der Waals surface area contributed by atoms with Gasteiger partial charge in [-0.25, -0.2) is 9.97 Å². The van der Waals surface area contributed by atoms with Crippen LogP contribution in [-0.2, 0) is 24.3 Å². The van der Waals surface area contributed by atoms with Crippen molar-refractivity contribution in [1.29, 1.82) is 0 Å². The molecule has 7 nitrogen and oxygen atoms in total. The molecule has 4 N–H and O–H groups in total. The van der Waals surface area contributed by atoms with E-state index in [-0.39, 0.29) is 5.48 Å². The van der Waals surface area contributed by atoms with Crippen molar-refractivity contribution in [1.82, 2.24) is 19.1 Å². The van der Waals surface area contributed by atoms with Gasteiger partial charge in [0.25, 0.3) is 0 Å². The summed E-state index contributed by atoms with van der Waals surface area (Å²) in [5.41, 5.74) is 6.48. The average molecular weight is 519 g/mol. The van der Waals surface area contributed by atoms with Gasteiger partial charge >= 0.3 is 0 Å². The van der Waals surface area contributed by atoms with Gasteiger partial charge < -0.3 is 15.7 Å². The average Bonchev–Trinajstić information content (AvgIpc) is 3.49. The van der Waals surface area contributed by atoms with Gasteiger partial charge in [-0.1, -0.05) is 72.8 Å². The first-order valence-corrected chi connectivity index (χ1v) is 12.9. The van der Waals surface area contributed by atoms with Gasteiger partial charge in [0.05, 0.1) is 22.1 Å². The van der Waals surface area contributed by atoms with E-state index in [4.69, 9.17) is 9.97 Å². The van der Waals surface area contributed by atoms with Crippen LogP contribution in [0.15, 0.2) is 97.1 Å². The Balaban J connectivity index is 0.000000138. The lowest BCUT2D eigenvalue weighted by atomic mass is 9.94. The number of para-hydroxylation sites is 4. The number of benzene rings is 4. The van der Waals surface area contributed by atoms with E-state index in [0.29, 0.717) is 12.8 Å². The van der Waals surface area contributed by atoms with Crippen LogP contribution in [0.2, 0.25) is 0 Å². The molecule has 0 aliphatic carbocycles. The molecule has 2 aliphatic heterocycles. The summed E-state index contributed by atoms with van der Waals surface area (Å²) in [5.74, 6) is 1.71. The summed E-state index contributed by atoms with van der Waals surface area (Å²) >= 11 is 0. The molecule has 0 unspecified atom stereocenters. The molecule has 2 aromatic heterocycles. The lowest BCUT2D eigenvalue weighted by Crippen LogP contribution is -2.35. The van der Waals surface area contributed by atoms with Gasteiger partial charge in [0.2, 0.25) is 0 Å². The number of imidazole rings is 2. The fourth-order valence-electron chi connectivity index (χ4n) is 6.05. The second kappa shape index (κ2) is 8.88. The second-order valence-corrected chi connectivity index (χ2v) is 10.6. The van der Waals surface area contributed by atoms with Crippen LogP contribution in [0.25, 0.3) is 44.8 Å². The molecule has 196 valence electrons. The number of rotatable bonds is 0. The molecule has 4 aromatic carbocycles. The molecule has 2 atom stereocenters. The summed E-state index contributed by atoms with van der Waals surface area (Å²) in [7, 11) is 0. The smallest absolute Gasteiger partial charge is 0.144 e. The number of nitrogens with zero attached hydrogens (tertiary/aromatic N) is 4. The van der Waals surface area contributed by atoms with E-state index in [9.17, 15) is 10.2 Å². The third kappa shape index (κ3) is 3.86. The summed E-state index contributed by atoms with van der Waals surface area (Å²) in [5, 5.41) is 21.6. The van der Waals surface area contributed by atoms with E-state index < -0.39 is 11.4 Å². The molecule has 0 fully saturated rings. The first-order valence-electron chi connectivity index (χ1n) is 12.9. The number of hydrogen-bond acceptors (Lipinski definition) is 4. The topological polar surface area (TPSA) is 108 Å². The predicted molar refractivity (Wildman–Crippen MR) is 153 cm³/mol. The molecule has 7 heteroatoms. The molecular formula is C32H30N4O3. The Labute approximate surface area is 225 Å². The Bertz CT molecular complexity index is 1710. The van der Waals surface area contributed by atoms with Crippen molar-refractivity contribution in [2.75, 3.05) is 0 Å². The minimum absolute atomic E-state index is 0. The summed E-state index contributed by atoms with van der Waals surface area (Å²) in [6, 6.07) is 32.2. The van der Waals surface area contributed by atoms with E-state index >= 15 is 0 Å². The summed E-state index contributed by atoms with van der Waals surface area (Å²) in [6.07, 6.45) is 1.22. The van der Waals surface area contributed by atoms with Crippen molar-refractivity contribution in [2.24, 2.45) is 0 Å². The van der Waals surface area contributed by atoms with E-state index in [0.717, 1.165) is 56.0 Å². The lowest BCUT2D eigenvalue weighted by Gasteiger charge is -2.33. The summed E-state index contributed by atoms with van der Waals surface area (Å²) in [4.78, 5) is 9.39. The largest absolute Gasteiger partial charge is 0.412 e. The zero-order valence-corrected chi connectivity index (χ0v) is 21.8. The van der Waals surface area contributed by atoms with Gasteiger partial charge in [0, 0.05) is 24.0 Å². The van der Waals surface area contributed by atoms with E-state index in [1.165, 1.54) is 0 Å². The minimum atomic E-state index is -0.931. The highest BCUT2D eigenvalue weighted by Crippen LogP contribution is 2.40. The maximum atomic E-state index is 10.8. The van der Waals surface area contributed by atoms with Gasteiger partial charge in [-0.15, -0.1) is 0 Å². The monoisotopic (exact) mass is 518 g/mol. The Morgan fingerprint density at radius 1 is 0.564 bits per heavy atom. The molecule has 8 rings (SSSR count). The normalized spacial score (nSPS) is 20.6. The molecule has 0 saturated heterocycles. The molecule has 0 saturated carbocycles. The molecule has 4 heterocycles. The van der Waals surface area contributed by atoms with Crippen LogP contribution in [0.4, 0.5) is 0 Å². The Kier molecular flexibility index (Phi) is 5.69. The van der Waals surface area contributed by atoms with Crippen molar-refractivity contribution in [2.45, 2.75) is 38.1 Å². The maximum absolute atomic E-state index is 10.8. The van der Waals surface area contributed by atoms with Gasteiger partial charge in [-0.2, -0.15) is 0 Å². The number of fused-ring (bicyclic) bond motifs is 10. The third-order valence-electron chi connectivity index (χ3n) is 7.65. The van der Waals surface area contributed by atoms with Crippen LogP contribution in [-0.4, -0.2) is 34.8 Å². The van der Waals surface area contributed by atoms with Crippen molar-refractivity contribution in [3.05, 3.63) is 108 Å². The van der Waals surface area contributed by atoms with Crippen LogP contribution >= 0.6 is 0 Å². The standard InChI is InChI=1S/2C16H14N2O.H2O/c2*1-16(19)10-11-6-2-3-7-12(11)15-17-13-8-4-5-9-14(13)18(15)16;/h2*2-9,19H,10H2,1H3;1H2/t2*16-;/m00./s1. The van der Waals surface area contributed by atoms with E-state index in [2.05, 4.69) is 24.3 Å². The minimum Gasteiger partial charge on any atom is -0.412 e. The highest BCUT2D eigenvalue weighted by Gasteiger charge is 2.35. The lowest BCUT2D eigenvalue weighted by molar-refractivity contribution is -0.0156. The molecule has 0 amide bonds. The van der Waals surface area contributed by atoms with Crippen LogP contribution in [0.3, 0.4) is 0 Å². The second-order valence-electron chi connectivity index (χ2n) is 10.6. The van der Waals surface area contributed by atoms with Crippen LogP contribution in [0.5, 0.6) is 0 Å².